The lowest BCUT2D eigenvalue weighted by Crippen LogP contribution is -2.43. The highest BCUT2D eigenvalue weighted by molar-refractivity contribution is 5.95. The molecule has 0 bridgehead atoms. The molecule has 5 heteroatoms. The van der Waals surface area contributed by atoms with Crippen LogP contribution in [-0.2, 0) is 4.79 Å². The van der Waals surface area contributed by atoms with E-state index in [1.165, 1.54) is 0 Å². The van der Waals surface area contributed by atoms with Crippen LogP contribution in [0.2, 0.25) is 0 Å². The summed E-state index contributed by atoms with van der Waals surface area (Å²) in [5, 5.41) is 11.8. The summed E-state index contributed by atoms with van der Waals surface area (Å²) in [5.41, 5.74) is 2.01. The van der Waals surface area contributed by atoms with Crippen LogP contribution in [-0.4, -0.2) is 29.1 Å². The number of rotatable bonds is 5. The van der Waals surface area contributed by atoms with Gasteiger partial charge in [-0.1, -0.05) is 12.8 Å². The van der Waals surface area contributed by atoms with Gasteiger partial charge < -0.3 is 15.2 Å². The van der Waals surface area contributed by atoms with Crippen LogP contribution in [0.4, 0.5) is 0 Å². The maximum Gasteiger partial charge on any atom is 0.341 e. The molecular weight excluding hydrogens is 282 g/mol. The Morgan fingerprint density at radius 2 is 1.77 bits per heavy atom. The molecule has 1 aliphatic rings. The topological polar surface area (TPSA) is 75.6 Å². The van der Waals surface area contributed by atoms with Crippen LogP contribution in [0.5, 0.6) is 5.75 Å². The number of ether oxygens (including phenoxy) is 1. The zero-order chi connectivity index (χ0) is 16.3. The number of carboxylic acids is 1. The van der Waals surface area contributed by atoms with Crippen LogP contribution in [0, 0.1) is 13.8 Å². The molecule has 2 N–H and O–H groups in total. The zero-order valence-electron chi connectivity index (χ0n) is 13.4. The summed E-state index contributed by atoms with van der Waals surface area (Å²) in [6.45, 7) is 5.34. The third kappa shape index (κ3) is 3.78. The van der Waals surface area contributed by atoms with E-state index in [0.717, 1.165) is 36.8 Å². The molecule has 0 unspecified atom stereocenters. The Hall–Kier alpha value is -2.04. The normalized spacial score (nSPS) is 16.3. The minimum atomic E-state index is -1.02. The molecule has 0 aromatic heterocycles. The van der Waals surface area contributed by atoms with Crippen LogP contribution in [0.15, 0.2) is 12.1 Å². The highest BCUT2D eigenvalue weighted by Crippen LogP contribution is 2.30. The van der Waals surface area contributed by atoms with E-state index in [9.17, 15) is 9.59 Å². The summed E-state index contributed by atoms with van der Waals surface area (Å²) in [6, 6.07) is 3.50. The molecule has 120 valence electrons. The van der Waals surface area contributed by atoms with Gasteiger partial charge in [-0.25, -0.2) is 4.79 Å². The monoisotopic (exact) mass is 305 g/mol. The molecule has 0 atom stereocenters. The molecule has 22 heavy (non-hydrogen) atoms. The number of aryl methyl sites for hydroxylation is 2. The van der Waals surface area contributed by atoms with Crippen molar-refractivity contribution in [3.05, 3.63) is 28.8 Å². The second-order valence-electron chi connectivity index (χ2n) is 6.34. The van der Waals surface area contributed by atoms with Crippen LogP contribution in [0.1, 0.15) is 54.1 Å². The maximum absolute atomic E-state index is 12.4. The van der Waals surface area contributed by atoms with Gasteiger partial charge in [0.1, 0.15) is 5.75 Å². The van der Waals surface area contributed by atoms with Crippen molar-refractivity contribution in [1.82, 2.24) is 5.32 Å². The molecule has 0 aliphatic heterocycles. The van der Waals surface area contributed by atoms with Crippen molar-refractivity contribution < 1.29 is 19.4 Å². The van der Waals surface area contributed by atoms with Crippen LogP contribution in [0.3, 0.4) is 0 Å². The summed E-state index contributed by atoms with van der Waals surface area (Å²) in [7, 11) is 0. The second-order valence-corrected chi connectivity index (χ2v) is 6.34. The predicted molar refractivity (Wildman–Crippen MR) is 83.4 cm³/mol. The highest BCUT2D eigenvalue weighted by Gasteiger charge is 2.30. The van der Waals surface area contributed by atoms with Gasteiger partial charge in [0.15, 0.2) is 6.61 Å². The van der Waals surface area contributed by atoms with E-state index >= 15 is 0 Å². The number of benzene rings is 1. The lowest BCUT2D eigenvalue weighted by Gasteiger charge is -2.25. The fourth-order valence-corrected chi connectivity index (χ4v) is 3.07. The minimum absolute atomic E-state index is 0.0830. The first-order valence-electron chi connectivity index (χ1n) is 7.59. The fraction of sp³-hybridized carbons (Fsp3) is 0.529. The molecule has 0 saturated heterocycles. The van der Waals surface area contributed by atoms with E-state index in [2.05, 4.69) is 12.2 Å². The molecule has 1 fully saturated rings. The van der Waals surface area contributed by atoms with Gasteiger partial charge in [-0.2, -0.15) is 0 Å². The van der Waals surface area contributed by atoms with Gasteiger partial charge in [-0.15, -0.1) is 0 Å². The second kappa shape index (κ2) is 6.38. The van der Waals surface area contributed by atoms with Gasteiger partial charge in [-0.05, 0) is 56.9 Å². The van der Waals surface area contributed by atoms with Crippen molar-refractivity contribution in [2.75, 3.05) is 6.61 Å². The van der Waals surface area contributed by atoms with Crippen LogP contribution < -0.4 is 10.1 Å². The molecule has 2 rings (SSSR count). The Labute approximate surface area is 130 Å². The first-order chi connectivity index (χ1) is 10.3. The Morgan fingerprint density at radius 1 is 1.23 bits per heavy atom. The summed E-state index contributed by atoms with van der Waals surface area (Å²) in [5.74, 6) is -0.568. The van der Waals surface area contributed by atoms with E-state index in [1.54, 1.807) is 12.1 Å². The van der Waals surface area contributed by atoms with E-state index in [-0.39, 0.29) is 18.1 Å². The summed E-state index contributed by atoms with van der Waals surface area (Å²) in [4.78, 5) is 23.1. The predicted octanol–water partition coefficient (Wildman–Crippen LogP) is 2.83. The van der Waals surface area contributed by atoms with Gasteiger partial charge >= 0.3 is 5.97 Å². The van der Waals surface area contributed by atoms with Crippen molar-refractivity contribution in [1.29, 1.82) is 0 Å². The highest BCUT2D eigenvalue weighted by atomic mass is 16.5. The van der Waals surface area contributed by atoms with Crippen LogP contribution in [0.25, 0.3) is 0 Å². The third-order valence-electron chi connectivity index (χ3n) is 4.18. The fourth-order valence-electron chi connectivity index (χ4n) is 3.07. The number of nitrogens with one attached hydrogen (secondary N) is 1. The molecule has 5 nitrogen and oxygen atoms in total. The zero-order valence-corrected chi connectivity index (χ0v) is 13.4. The van der Waals surface area contributed by atoms with Crippen molar-refractivity contribution in [2.45, 2.75) is 52.0 Å². The smallest absolute Gasteiger partial charge is 0.341 e. The van der Waals surface area contributed by atoms with E-state index in [0.29, 0.717) is 11.3 Å². The van der Waals surface area contributed by atoms with Crippen LogP contribution >= 0.6 is 0 Å². The molecule has 1 amide bonds. The van der Waals surface area contributed by atoms with Crippen molar-refractivity contribution in [3.63, 3.8) is 0 Å². The van der Waals surface area contributed by atoms with Gasteiger partial charge in [0.05, 0.1) is 0 Å². The van der Waals surface area contributed by atoms with E-state index in [4.69, 9.17) is 9.84 Å². The lowest BCUT2D eigenvalue weighted by molar-refractivity contribution is -0.139. The molecule has 0 heterocycles. The first-order valence-corrected chi connectivity index (χ1v) is 7.59. The molecule has 1 aromatic carbocycles. The SMILES string of the molecule is Cc1cc(C(=O)NC2(C)CCCC2)cc(C)c1OCC(=O)O. The van der Waals surface area contributed by atoms with E-state index in [1.807, 2.05) is 13.8 Å². The largest absolute Gasteiger partial charge is 0.481 e. The Kier molecular flexibility index (Phi) is 4.74. The average Bonchev–Trinajstić information content (AvgIpc) is 2.83. The summed E-state index contributed by atoms with van der Waals surface area (Å²) >= 11 is 0. The van der Waals surface area contributed by atoms with Gasteiger partial charge in [-0.3, -0.25) is 4.79 Å². The maximum atomic E-state index is 12.4. The Morgan fingerprint density at radius 3 is 2.27 bits per heavy atom. The number of carbonyl (C=O) groups is 2. The number of carboxylic acid groups (broad SMARTS) is 1. The molecule has 1 aliphatic carbocycles. The number of amides is 1. The molecule has 1 saturated carbocycles. The third-order valence-corrected chi connectivity index (χ3v) is 4.18. The van der Waals surface area contributed by atoms with Crippen molar-refractivity contribution in [3.8, 4) is 5.75 Å². The Balaban J connectivity index is 2.15. The summed E-state index contributed by atoms with van der Waals surface area (Å²) < 4.78 is 5.29. The first kappa shape index (κ1) is 16.3. The minimum Gasteiger partial charge on any atom is -0.481 e. The number of aliphatic carboxylic acids is 1. The molecule has 1 aromatic rings. The Bertz CT molecular complexity index is 565. The van der Waals surface area contributed by atoms with Crippen molar-refractivity contribution in [2.24, 2.45) is 0 Å². The molecule has 0 spiro atoms. The number of hydrogen-bond acceptors (Lipinski definition) is 3. The van der Waals surface area contributed by atoms with E-state index < -0.39 is 5.97 Å². The summed E-state index contributed by atoms with van der Waals surface area (Å²) in [6.07, 6.45) is 4.32. The standard InChI is InChI=1S/C17H23NO4/c1-11-8-13(9-12(2)15(11)22-10-14(19)20)16(21)18-17(3)6-4-5-7-17/h8-9H,4-7,10H2,1-3H3,(H,18,21)(H,19,20). The lowest BCUT2D eigenvalue weighted by atomic mass is 9.99. The number of carbonyl (C=O) groups excluding carboxylic acids is 1. The van der Waals surface area contributed by atoms with Gasteiger partial charge in [0.2, 0.25) is 0 Å². The molecular formula is C17H23NO4. The van der Waals surface area contributed by atoms with Crippen molar-refractivity contribution >= 4 is 11.9 Å². The number of hydrogen-bond donors (Lipinski definition) is 2. The van der Waals surface area contributed by atoms with Gasteiger partial charge in [0, 0.05) is 11.1 Å². The van der Waals surface area contributed by atoms with Gasteiger partial charge in [0.25, 0.3) is 5.91 Å². The molecule has 0 radical (unpaired) electrons. The quantitative estimate of drug-likeness (QED) is 0.877. The average molecular weight is 305 g/mol.